The summed E-state index contributed by atoms with van der Waals surface area (Å²) in [7, 11) is 0. The molecule has 0 bridgehead atoms. The van der Waals surface area contributed by atoms with E-state index in [1.165, 1.54) is 0 Å². The number of nitrogens with one attached hydrogen (secondary N) is 1. The molecule has 2 rings (SSSR count). The summed E-state index contributed by atoms with van der Waals surface area (Å²) in [6.45, 7) is 2.12. The second kappa shape index (κ2) is 5.31. The van der Waals surface area contributed by atoms with E-state index in [0.717, 1.165) is 23.0 Å². The average molecular weight is 312 g/mol. The molecule has 0 aromatic heterocycles. The summed E-state index contributed by atoms with van der Waals surface area (Å²) in [4.78, 5) is 11.6. The van der Waals surface area contributed by atoms with Crippen molar-refractivity contribution in [2.75, 3.05) is 5.32 Å². The fourth-order valence-corrected chi connectivity index (χ4v) is 3.15. The van der Waals surface area contributed by atoms with Crippen molar-refractivity contribution in [3.8, 4) is 0 Å². The Balaban J connectivity index is 2.23. The summed E-state index contributed by atoms with van der Waals surface area (Å²) in [6.07, 6.45) is 3.47. The lowest BCUT2D eigenvalue weighted by atomic mass is 9.76. The lowest BCUT2D eigenvalue weighted by molar-refractivity contribution is -0.144. The van der Waals surface area contributed by atoms with E-state index in [1.807, 2.05) is 24.3 Å². The highest BCUT2D eigenvalue weighted by Gasteiger charge is 2.41. The number of halogens is 1. The molecule has 1 fully saturated rings. The van der Waals surface area contributed by atoms with Crippen molar-refractivity contribution >= 4 is 27.6 Å². The van der Waals surface area contributed by atoms with Crippen molar-refractivity contribution in [1.82, 2.24) is 0 Å². The Kier molecular flexibility index (Phi) is 3.95. The molecule has 0 amide bonds. The monoisotopic (exact) mass is 311 g/mol. The Morgan fingerprint density at radius 3 is 2.94 bits per heavy atom. The van der Waals surface area contributed by atoms with Crippen LogP contribution in [0.1, 0.15) is 32.6 Å². The smallest absolute Gasteiger partial charge is 0.329 e. The van der Waals surface area contributed by atoms with Crippen LogP contribution in [0.4, 0.5) is 5.69 Å². The third kappa shape index (κ3) is 2.86. The van der Waals surface area contributed by atoms with Crippen LogP contribution < -0.4 is 5.32 Å². The predicted molar refractivity (Wildman–Crippen MR) is 75.8 cm³/mol. The predicted octanol–water partition coefficient (Wildman–Crippen LogP) is 3.89. The van der Waals surface area contributed by atoms with Gasteiger partial charge < -0.3 is 10.4 Å². The molecule has 1 aliphatic rings. The van der Waals surface area contributed by atoms with Crippen molar-refractivity contribution < 1.29 is 9.90 Å². The first-order valence-corrected chi connectivity index (χ1v) is 7.08. The quantitative estimate of drug-likeness (QED) is 0.890. The molecule has 1 aromatic rings. The Hall–Kier alpha value is -1.03. The van der Waals surface area contributed by atoms with Crippen LogP contribution in [-0.4, -0.2) is 16.6 Å². The van der Waals surface area contributed by atoms with E-state index >= 15 is 0 Å². The zero-order chi connectivity index (χ0) is 13.2. The molecule has 3 nitrogen and oxygen atoms in total. The first-order valence-electron chi connectivity index (χ1n) is 6.29. The fourth-order valence-electron chi connectivity index (χ4n) is 2.76. The Morgan fingerprint density at radius 1 is 1.56 bits per heavy atom. The molecule has 0 radical (unpaired) electrons. The first kappa shape index (κ1) is 13.4. The minimum absolute atomic E-state index is 0.453. The van der Waals surface area contributed by atoms with Crippen LogP contribution >= 0.6 is 15.9 Å². The summed E-state index contributed by atoms with van der Waals surface area (Å²) in [6, 6.07) is 7.68. The van der Waals surface area contributed by atoms with E-state index in [2.05, 4.69) is 28.2 Å². The van der Waals surface area contributed by atoms with Crippen molar-refractivity contribution in [1.29, 1.82) is 0 Å². The summed E-state index contributed by atoms with van der Waals surface area (Å²) in [5, 5.41) is 12.8. The number of carboxylic acids is 1. The van der Waals surface area contributed by atoms with Gasteiger partial charge in [0.1, 0.15) is 5.54 Å². The van der Waals surface area contributed by atoms with Crippen LogP contribution in [0.5, 0.6) is 0 Å². The van der Waals surface area contributed by atoms with E-state index in [4.69, 9.17) is 0 Å². The van der Waals surface area contributed by atoms with Gasteiger partial charge >= 0.3 is 5.97 Å². The molecule has 2 atom stereocenters. The Morgan fingerprint density at radius 2 is 2.33 bits per heavy atom. The highest BCUT2D eigenvalue weighted by Crippen LogP contribution is 2.35. The summed E-state index contributed by atoms with van der Waals surface area (Å²) in [5.74, 6) is -0.288. The fraction of sp³-hybridized carbons (Fsp3) is 0.500. The number of carboxylic acid groups (broad SMARTS) is 1. The molecule has 2 N–H and O–H groups in total. The number of carbonyl (C=O) groups is 1. The number of hydrogen-bond acceptors (Lipinski definition) is 2. The van der Waals surface area contributed by atoms with Gasteiger partial charge in [-0.3, -0.25) is 0 Å². The minimum atomic E-state index is -0.807. The number of benzene rings is 1. The zero-order valence-electron chi connectivity index (χ0n) is 10.4. The van der Waals surface area contributed by atoms with Crippen LogP contribution in [0, 0.1) is 5.92 Å². The van der Waals surface area contributed by atoms with Gasteiger partial charge in [0.05, 0.1) is 0 Å². The maximum Gasteiger partial charge on any atom is 0.329 e. The molecule has 0 saturated heterocycles. The van der Waals surface area contributed by atoms with Gasteiger partial charge in [-0.1, -0.05) is 41.8 Å². The molecule has 1 aliphatic carbocycles. The topological polar surface area (TPSA) is 49.3 Å². The van der Waals surface area contributed by atoms with Gasteiger partial charge in [-0.2, -0.15) is 0 Å². The second-order valence-corrected chi connectivity index (χ2v) is 6.14. The molecule has 0 spiro atoms. The highest BCUT2D eigenvalue weighted by molar-refractivity contribution is 9.10. The zero-order valence-corrected chi connectivity index (χ0v) is 12.0. The maximum absolute atomic E-state index is 11.6. The third-order valence-corrected chi connectivity index (χ3v) is 4.11. The molecule has 0 aliphatic heterocycles. The van der Waals surface area contributed by atoms with Crippen LogP contribution in [0.2, 0.25) is 0 Å². The van der Waals surface area contributed by atoms with Gasteiger partial charge in [0.15, 0.2) is 0 Å². The van der Waals surface area contributed by atoms with Gasteiger partial charge in [0.25, 0.3) is 0 Å². The van der Waals surface area contributed by atoms with E-state index in [-0.39, 0.29) is 0 Å². The van der Waals surface area contributed by atoms with Crippen molar-refractivity contribution in [3.05, 3.63) is 28.7 Å². The number of hydrogen-bond donors (Lipinski definition) is 2. The molecular weight excluding hydrogens is 294 g/mol. The summed E-state index contributed by atoms with van der Waals surface area (Å²) in [5.41, 5.74) is 0.0548. The minimum Gasteiger partial charge on any atom is -0.480 e. The molecular formula is C14H18BrNO2. The van der Waals surface area contributed by atoms with Gasteiger partial charge in [0.2, 0.25) is 0 Å². The van der Waals surface area contributed by atoms with Crippen LogP contribution in [0.25, 0.3) is 0 Å². The molecule has 0 heterocycles. The molecule has 98 valence electrons. The van der Waals surface area contributed by atoms with Gasteiger partial charge in [0, 0.05) is 10.2 Å². The first-order chi connectivity index (χ1) is 8.52. The number of rotatable bonds is 3. The van der Waals surface area contributed by atoms with Crippen LogP contribution in [0.3, 0.4) is 0 Å². The Labute approximate surface area is 116 Å². The van der Waals surface area contributed by atoms with Gasteiger partial charge in [-0.15, -0.1) is 0 Å². The molecule has 1 saturated carbocycles. The van der Waals surface area contributed by atoms with Gasteiger partial charge in [-0.25, -0.2) is 4.79 Å². The lowest BCUT2D eigenvalue weighted by Crippen LogP contribution is -2.49. The summed E-state index contributed by atoms with van der Waals surface area (Å²) >= 11 is 3.41. The van der Waals surface area contributed by atoms with Crippen LogP contribution in [0.15, 0.2) is 28.7 Å². The SMILES string of the molecule is CC1CCCC(Nc2cccc(Br)c2)(C(=O)O)C1. The molecule has 1 aromatic carbocycles. The summed E-state index contributed by atoms with van der Waals surface area (Å²) < 4.78 is 0.955. The number of anilines is 1. The average Bonchev–Trinajstić information content (AvgIpc) is 2.28. The molecule has 18 heavy (non-hydrogen) atoms. The second-order valence-electron chi connectivity index (χ2n) is 5.22. The number of aliphatic carboxylic acids is 1. The van der Waals surface area contributed by atoms with Gasteiger partial charge in [-0.05, 0) is 37.0 Å². The van der Waals surface area contributed by atoms with E-state index in [1.54, 1.807) is 0 Å². The largest absolute Gasteiger partial charge is 0.480 e. The van der Waals surface area contributed by atoms with Crippen molar-refractivity contribution in [3.63, 3.8) is 0 Å². The third-order valence-electron chi connectivity index (χ3n) is 3.62. The Bertz CT molecular complexity index is 449. The standard InChI is InChI=1S/C14H18BrNO2/c1-10-4-3-7-14(9-10,13(17)18)16-12-6-2-5-11(15)8-12/h2,5-6,8,10,16H,3-4,7,9H2,1H3,(H,17,18). The molecule has 2 unspecified atom stereocenters. The lowest BCUT2D eigenvalue weighted by Gasteiger charge is -2.37. The van der Waals surface area contributed by atoms with Crippen LogP contribution in [-0.2, 0) is 4.79 Å². The maximum atomic E-state index is 11.6. The van der Waals surface area contributed by atoms with E-state index < -0.39 is 11.5 Å². The van der Waals surface area contributed by atoms with Crippen molar-refractivity contribution in [2.24, 2.45) is 5.92 Å². The van der Waals surface area contributed by atoms with E-state index in [0.29, 0.717) is 18.8 Å². The van der Waals surface area contributed by atoms with E-state index in [9.17, 15) is 9.90 Å². The van der Waals surface area contributed by atoms with Crippen molar-refractivity contribution in [2.45, 2.75) is 38.1 Å². The molecule has 4 heteroatoms. The highest BCUT2D eigenvalue weighted by atomic mass is 79.9. The normalized spacial score (nSPS) is 27.8.